The molecular formula is C17H25BrN2. The number of nitriles is 1. The van der Waals surface area contributed by atoms with E-state index in [0.29, 0.717) is 6.42 Å². The lowest BCUT2D eigenvalue weighted by atomic mass is 9.78. The van der Waals surface area contributed by atoms with Crippen molar-refractivity contribution in [3.63, 3.8) is 0 Å². The second-order valence-corrected chi connectivity index (χ2v) is 6.37. The van der Waals surface area contributed by atoms with Gasteiger partial charge in [-0.1, -0.05) is 54.9 Å². The lowest BCUT2D eigenvalue weighted by molar-refractivity contribution is 0.116. The molecule has 0 amide bonds. The molecule has 2 rings (SSSR count). The first kappa shape index (κ1) is 17.2. The minimum atomic E-state index is 0.235. The van der Waals surface area contributed by atoms with Crippen molar-refractivity contribution in [2.75, 3.05) is 13.1 Å². The number of benzene rings is 1. The van der Waals surface area contributed by atoms with Crippen LogP contribution >= 0.6 is 15.9 Å². The van der Waals surface area contributed by atoms with Gasteiger partial charge in [-0.25, -0.2) is 0 Å². The number of hydrogen-bond acceptors (Lipinski definition) is 2. The Morgan fingerprint density at radius 3 is 2.40 bits per heavy atom. The van der Waals surface area contributed by atoms with Crippen molar-refractivity contribution in [3.8, 4) is 6.07 Å². The van der Waals surface area contributed by atoms with Crippen LogP contribution in [0.2, 0.25) is 0 Å². The molecule has 1 aliphatic heterocycles. The molecule has 1 aliphatic rings. The molecule has 110 valence electrons. The maximum atomic E-state index is 8.85. The van der Waals surface area contributed by atoms with E-state index in [1.807, 2.05) is 19.9 Å². The lowest BCUT2D eigenvalue weighted by Gasteiger charge is -2.38. The third-order valence-corrected chi connectivity index (χ3v) is 4.69. The summed E-state index contributed by atoms with van der Waals surface area (Å²) in [5.41, 5.74) is 1.58. The summed E-state index contributed by atoms with van der Waals surface area (Å²) < 4.78 is 1.19. The Bertz CT molecular complexity index is 443. The molecule has 0 bridgehead atoms. The zero-order valence-electron chi connectivity index (χ0n) is 12.8. The Morgan fingerprint density at radius 2 is 1.85 bits per heavy atom. The minimum Gasteiger partial charge on any atom is -0.299 e. The molecule has 0 aromatic heterocycles. The summed E-state index contributed by atoms with van der Waals surface area (Å²) >= 11 is 3.60. The third kappa shape index (κ3) is 4.92. The number of nitrogens with zero attached hydrogens (tertiary/aromatic N) is 2. The van der Waals surface area contributed by atoms with Gasteiger partial charge >= 0.3 is 0 Å². The SMILES string of the molecule is CC.CC1(CC#N)CCN(Cc2ccccc2Br)CC1. The molecular weight excluding hydrogens is 312 g/mol. The van der Waals surface area contributed by atoms with Crippen LogP contribution in [0.1, 0.15) is 45.6 Å². The predicted molar refractivity (Wildman–Crippen MR) is 88.3 cm³/mol. The fourth-order valence-corrected chi connectivity index (χ4v) is 2.90. The van der Waals surface area contributed by atoms with E-state index >= 15 is 0 Å². The van der Waals surface area contributed by atoms with Gasteiger partial charge in [0.25, 0.3) is 0 Å². The molecule has 0 saturated carbocycles. The first-order valence-corrected chi connectivity index (χ1v) is 8.25. The van der Waals surface area contributed by atoms with Gasteiger partial charge in [0.1, 0.15) is 0 Å². The Hall–Kier alpha value is -0.850. The molecule has 2 nitrogen and oxygen atoms in total. The van der Waals surface area contributed by atoms with Crippen molar-refractivity contribution in [1.82, 2.24) is 4.90 Å². The van der Waals surface area contributed by atoms with Crippen LogP contribution in [-0.2, 0) is 6.54 Å². The highest BCUT2D eigenvalue weighted by Crippen LogP contribution is 2.34. The standard InChI is InChI=1S/C15H19BrN2.C2H6/c1-15(6-9-17)7-10-18(11-8-15)12-13-4-2-3-5-14(13)16;1-2/h2-5H,6-8,10-12H2,1H3;1-2H3. The molecule has 20 heavy (non-hydrogen) atoms. The molecule has 3 heteroatoms. The average Bonchev–Trinajstić information content (AvgIpc) is 2.46. The van der Waals surface area contributed by atoms with Gasteiger partial charge in [-0.3, -0.25) is 4.90 Å². The fourth-order valence-electron chi connectivity index (χ4n) is 2.49. The molecule has 1 aromatic rings. The van der Waals surface area contributed by atoms with Crippen LogP contribution in [0.5, 0.6) is 0 Å². The van der Waals surface area contributed by atoms with Crippen LogP contribution in [0.4, 0.5) is 0 Å². The fraction of sp³-hybridized carbons (Fsp3) is 0.588. The Balaban J connectivity index is 0.000000956. The van der Waals surface area contributed by atoms with Crippen molar-refractivity contribution in [3.05, 3.63) is 34.3 Å². The highest BCUT2D eigenvalue weighted by Gasteiger charge is 2.29. The van der Waals surface area contributed by atoms with E-state index in [1.54, 1.807) is 0 Å². The predicted octanol–water partition coefficient (Wildman–Crippen LogP) is 4.99. The number of halogens is 1. The molecule has 1 heterocycles. The number of hydrogen-bond donors (Lipinski definition) is 0. The highest BCUT2D eigenvalue weighted by molar-refractivity contribution is 9.10. The largest absolute Gasteiger partial charge is 0.299 e. The second kappa shape index (κ2) is 8.44. The van der Waals surface area contributed by atoms with E-state index in [0.717, 1.165) is 32.5 Å². The van der Waals surface area contributed by atoms with Gasteiger partial charge < -0.3 is 0 Å². The van der Waals surface area contributed by atoms with Crippen LogP contribution in [0.25, 0.3) is 0 Å². The highest BCUT2D eigenvalue weighted by atomic mass is 79.9. The molecule has 0 radical (unpaired) electrons. The van der Waals surface area contributed by atoms with E-state index in [2.05, 4.69) is 52.0 Å². The van der Waals surface area contributed by atoms with E-state index in [4.69, 9.17) is 5.26 Å². The molecule has 0 aliphatic carbocycles. The smallest absolute Gasteiger partial charge is 0.0627 e. The summed E-state index contributed by atoms with van der Waals surface area (Å²) in [6, 6.07) is 10.7. The van der Waals surface area contributed by atoms with Crippen LogP contribution in [-0.4, -0.2) is 18.0 Å². The Morgan fingerprint density at radius 1 is 1.25 bits per heavy atom. The second-order valence-electron chi connectivity index (χ2n) is 5.51. The van der Waals surface area contributed by atoms with Crippen molar-refractivity contribution < 1.29 is 0 Å². The average molecular weight is 337 g/mol. The molecule has 1 fully saturated rings. The Kier molecular flexibility index (Phi) is 7.26. The lowest BCUT2D eigenvalue weighted by Crippen LogP contribution is -2.38. The van der Waals surface area contributed by atoms with Crippen molar-refractivity contribution in [2.24, 2.45) is 5.41 Å². The van der Waals surface area contributed by atoms with Crippen LogP contribution in [0, 0.1) is 16.7 Å². The minimum absolute atomic E-state index is 0.235. The first-order valence-electron chi connectivity index (χ1n) is 7.46. The van der Waals surface area contributed by atoms with Crippen molar-refractivity contribution in [1.29, 1.82) is 5.26 Å². The summed E-state index contributed by atoms with van der Waals surface area (Å²) in [5.74, 6) is 0. The van der Waals surface area contributed by atoms with Gasteiger partial charge in [0.2, 0.25) is 0 Å². The van der Waals surface area contributed by atoms with Crippen molar-refractivity contribution in [2.45, 2.75) is 46.6 Å². The van der Waals surface area contributed by atoms with Gasteiger partial charge in [-0.05, 0) is 43.0 Å². The van der Waals surface area contributed by atoms with Crippen LogP contribution < -0.4 is 0 Å². The normalized spacial score (nSPS) is 17.8. The molecule has 0 spiro atoms. The van der Waals surface area contributed by atoms with Crippen molar-refractivity contribution >= 4 is 15.9 Å². The molecule has 0 atom stereocenters. The van der Waals surface area contributed by atoms with E-state index in [9.17, 15) is 0 Å². The van der Waals surface area contributed by atoms with Crippen LogP contribution in [0.15, 0.2) is 28.7 Å². The van der Waals surface area contributed by atoms with Gasteiger partial charge in [-0.2, -0.15) is 5.26 Å². The molecule has 1 saturated heterocycles. The number of likely N-dealkylation sites (tertiary alicyclic amines) is 1. The summed E-state index contributed by atoms with van der Waals surface area (Å²) in [6.07, 6.45) is 2.95. The maximum Gasteiger partial charge on any atom is 0.0627 e. The zero-order chi connectivity index (χ0) is 15.0. The first-order chi connectivity index (χ1) is 9.63. The summed E-state index contributed by atoms with van der Waals surface area (Å²) in [4.78, 5) is 2.49. The van der Waals surface area contributed by atoms with Gasteiger partial charge in [-0.15, -0.1) is 0 Å². The number of piperidine rings is 1. The zero-order valence-corrected chi connectivity index (χ0v) is 14.4. The molecule has 0 N–H and O–H groups in total. The van der Waals surface area contributed by atoms with E-state index < -0.39 is 0 Å². The third-order valence-electron chi connectivity index (χ3n) is 3.92. The summed E-state index contributed by atoms with van der Waals surface area (Å²) in [6.45, 7) is 9.44. The molecule has 1 aromatic carbocycles. The number of rotatable bonds is 3. The van der Waals surface area contributed by atoms with Crippen LogP contribution in [0.3, 0.4) is 0 Å². The topological polar surface area (TPSA) is 27.0 Å². The monoisotopic (exact) mass is 336 g/mol. The molecule has 0 unspecified atom stereocenters. The van der Waals surface area contributed by atoms with Gasteiger partial charge in [0, 0.05) is 17.4 Å². The Labute approximate surface area is 131 Å². The van der Waals surface area contributed by atoms with Gasteiger partial charge in [0.05, 0.1) is 6.07 Å². The maximum absolute atomic E-state index is 8.85. The quantitative estimate of drug-likeness (QED) is 0.777. The van der Waals surface area contributed by atoms with Gasteiger partial charge in [0.15, 0.2) is 0 Å². The summed E-state index contributed by atoms with van der Waals surface area (Å²) in [7, 11) is 0. The summed E-state index contributed by atoms with van der Waals surface area (Å²) in [5, 5.41) is 8.85. The van der Waals surface area contributed by atoms with E-state index in [1.165, 1.54) is 10.0 Å². The van der Waals surface area contributed by atoms with E-state index in [-0.39, 0.29) is 5.41 Å².